The molecule has 0 bridgehead atoms. The van der Waals surface area contributed by atoms with E-state index in [1.165, 1.54) is 4.68 Å². The first kappa shape index (κ1) is 18.1. The molecule has 1 aromatic rings. The van der Waals surface area contributed by atoms with E-state index in [0.717, 1.165) is 6.54 Å². The Balaban J connectivity index is 2.73. The van der Waals surface area contributed by atoms with Gasteiger partial charge in [-0.25, -0.2) is 4.68 Å². The number of rotatable bonds is 9. The van der Waals surface area contributed by atoms with Crippen molar-refractivity contribution in [3.8, 4) is 0 Å². The number of methoxy groups -OCH3 is 2. The second-order valence-electron chi connectivity index (χ2n) is 4.90. The molecule has 0 aliphatic heterocycles. The number of hydrogen-bond donors (Lipinski definition) is 1. The SMILES string of the molecule is COCC(CNc1cnn(CCN(C)C)c(=O)c1Br)OC. The molecule has 1 aromatic heterocycles. The van der Waals surface area contributed by atoms with E-state index in [9.17, 15) is 4.79 Å². The third kappa shape index (κ3) is 5.74. The highest BCUT2D eigenvalue weighted by molar-refractivity contribution is 9.10. The molecule has 1 rings (SSSR count). The number of halogens is 1. The summed E-state index contributed by atoms with van der Waals surface area (Å²) in [5.74, 6) is 0. The molecule has 120 valence electrons. The maximum absolute atomic E-state index is 12.2. The Morgan fingerprint density at radius 3 is 2.76 bits per heavy atom. The molecule has 0 fully saturated rings. The van der Waals surface area contributed by atoms with Crippen molar-refractivity contribution in [1.29, 1.82) is 0 Å². The average molecular weight is 363 g/mol. The summed E-state index contributed by atoms with van der Waals surface area (Å²) in [5, 5.41) is 7.32. The predicted octanol–water partition coefficient (Wildman–Crippen LogP) is 0.641. The van der Waals surface area contributed by atoms with Crippen LogP contribution in [0.1, 0.15) is 0 Å². The quantitative estimate of drug-likeness (QED) is 0.695. The molecule has 1 N–H and O–H groups in total. The smallest absolute Gasteiger partial charge is 0.283 e. The maximum Gasteiger partial charge on any atom is 0.283 e. The van der Waals surface area contributed by atoms with Gasteiger partial charge in [-0.3, -0.25) is 4.79 Å². The molecule has 21 heavy (non-hydrogen) atoms. The number of nitrogens with zero attached hydrogens (tertiary/aromatic N) is 3. The first-order valence-corrected chi connectivity index (χ1v) is 7.44. The molecule has 0 amide bonds. The summed E-state index contributed by atoms with van der Waals surface area (Å²) in [7, 11) is 7.15. The van der Waals surface area contributed by atoms with Gasteiger partial charge in [0.15, 0.2) is 0 Å². The van der Waals surface area contributed by atoms with Crippen molar-refractivity contribution in [2.45, 2.75) is 12.6 Å². The minimum Gasteiger partial charge on any atom is -0.382 e. The van der Waals surface area contributed by atoms with Gasteiger partial charge in [-0.15, -0.1) is 0 Å². The molecule has 8 heteroatoms. The average Bonchev–Trinajstić information content (AvgIpc) is 2.46. The molecule has 7 nitrogen and oxygen atoms in total. The van der Waals surface area contributed by atoms with Crippen molar-refractivity contribution in [1.82, 2.24) is 14.7 Å². The fourth-order valence-electron chi connectivity index (χ4n) is 1.66. The van der Waals surface area contributed by atoms with Crippen LogP contribution in [0.5, 0.6) is 0 Å². The van der Waals surface area contributed by atoms with Gasteiger partial charge in [0.2, 0.25) is 0 Å². The van der Waals surface area contributed by atoms with Crippen molar-refractivity contribution >= 4 is 21.6 Å². The monoisotopic (exact) mass is 362 g/mol. The maximum atomic E-state index is 12.2. The minimum absolute atomic E-state index is 0.0851. The van der Waals surface area contributed by atoms with Crippen molar-refractivity contribution in [2.24, 2.45) is 0 Å². The molecule has 0 spiro atoms. The van der Waals surface area contributed by atoms with Crippen LogP contribution in [0.2, 0.25) is 0 Å². The van der Waals surface area contributed by atoms with Crippen molar-refractivity contribution in [2.75, 3.05) is 53.3 Å². The molecule has 1 unspecified atom stereocenters. The van der Waals surface area contributed by atoms with Gasteiger partial charge in [-0.05, 0) is 30.0 Å². The molecule has 0 aromatic carbocycles. The van der Waals surface area contributed by atoms with Gasteiger partial charge in [0.25, 0.3) is 5.56 Å². The fraction of sp³-hybridized carbons (Fsp3) is 0.692. The van der Waals surface area contributed by atoms with Gasteiger partial charge in [-0.2, -0.15) is 5.10 Å². The Hall–Kier alpha value is -0.960. The van der Waals surface area contributed by atoms with Crippen molar-refractivity contribution in [3.63, 3.8) is 0 Å². The van der Waals surface area contributed by atoms with Crippen LogP contribution >= 0.6 is 15.9 Å². The van der Waals surface area contributed by atoms with E-state index >= 15 is 0 Å². The summed E-state index contributed by atoms with van der Waals surface area (Å²) in [6.07, 6.45) is 1.55. The lowest BCUT2D eigenvalue weighted by Gasteiger charge is -2.17. The Morgan fingerprint density at radius 1 is 1.48 bits per heavy atom. The number of nitrogens with one attached hydrogen (secondary N) is 1. The lowest BCUT2D eigenvalue weighted by molar-refractivity contribution is 0.0365. The number of aromatic nitrogens is 2. The van der Waals surface area contributed by atoms with Crippen LogP contribution in [0.25, 0.3) is 0 Å². The molecule has 0 aliphatic rings. The van der Waals surface area contributed by atoms with Crippen LogP contribution in [0, 0.1) is 0 Å². The van der Waals surface area contributed by atoms with Gasteiger partial charge in [-0.1, -0.05) is 0 Å². The van der Waals surface area contributed by atoms with Crippen LogP contribution in [0.4, 0.5) is 5.69 Å². The van der Waals surface area contributed by atoms with E-state index in [2.05, 4.69) is 26.3 Å². The molecule has 1 heterocycles. The molecular formula is C13H23BrN4O3. The highest BCUT2D eigenvalue weighted by Crippen LogP contribution is 2.16. The van der Waals surface area contributed by atoms with Crippen LogP contribution in [0.15, 0.2) is 15.5 Å². The predicted molar refractivity (Wildman–Crippen MR) is 85.9 cm³/mol. The number of anilines is 1. The Morgan fingerprint density at radius 2 is 2.19 bits per heavy atom. The van der Waals surface area contributed by atoms with E-state index in [4.69, 9.17) is 9.47 Å². The molecule has 0 saturated carbocycles. The minimum atomic E-state index is -0.150. The van der Waals surface area contributed by atoms with Crippen LogP contribution in [-0.4, -0.2) is 68.8 Å². The highest BCUT2D eigenvalue weighted by Gasteiger charge is 2.11. The van der Waals surface area contributed by atoms with E-state index in [1.54, 1.807) is 20.4 Å². The first-order valence-electron chi connectivity index (χ1n) is 6.65. The number of likely N-dealkylation sites (N-methyl/N-ethyl adjacent to an activating group) is 1. The zero-order valence-corrected chi connectivity index (χ0v) is 14.5. The largest absolute Gasteiger partial charge is 0.382 e. The zero-order valence-electron chi connectivity index (χ0n) is 12.9. The zero-order chi connectivity index (χ0) is 15.8. The summed E-state index contributed by atoms with van der Waals surface area (Å²) in [6.45, 7) is 2.32. The summed E-state index contributed by atoms with van der Waals surface area (Å²) in [5.41, 5.74) is 0.502. The van der Waals surface area contributed by atoms with Crippen molar-refractivity contribution in [3.05, 3.63) is 21.0 Å². The standard InChI is InChI=1S/C13H23BrN4O3/c1-17(2)5-6-18-13(19)12(14)11(8-16-18)15-7-10(21-4)9-20-3/h8,10,15H,5-7,9H2,1-4H3. The Bertz CT molecular complexity index is 493. The van der Waals surface area contributed by atoms with Crippen molar-refractivity contribution < 1.29 is 9.47 Å². The molecular weight excluding hydrogens is 340 g/mol. The normalized spacial score (nSPS) is 12.7. The summed E-state index contributed by atoms with van der Waals surface area (Å²) >= 11 is 3.33. The van der Waals surface area contributed by atoms with Crippen LogP contribution in [0.3, 0.4) is 0 Å². The Labute approximate surface area is 133 Å². The molecule has 0 radical (unpaired) electrons. The number of ether oxygens (including phenoxy) is 2. The summed E-state index contributed by atoms with van der Waals surface area (Å²) in [4.78, 5) is 14.2. The third-order valence-corrected chi connectivity index (χ3v) is 3.72. The lowest BCUT2D eigenvalue weighted by atomic mass is 10.3. The van der Waals surface area contributed by atoms with Gasteiger partial charge >= 0.3 is 0 Å². The number of hydrogen-bond acceptors (Lipinski definition) is 6. The molecule has 0 saturated heterocycles. The fourth-order valence-corrected chi connectivity index (χ4v) is 2.11. The topological polar surface area (TPSA) is 68.6 Å². The van der Waals surface area contributed by atoms with Crippen LogP contribution < -0.4 is 10.9 Å². The molecule has 1 atom stereocenters. The van der Waals surface area contributed by atoms with Gasteiger partial charge in [0.1, 0.15) is 4.47 Å². The third-order valence-electron chi connectivity index (χ3n) is 2.95. The molecule has 0 aliphatic carbocycles. The summed E-state index contributed by atoms with van der Waals surface area (Å²) in [6, 6.07) is 0. The van der Waals surface area contributed by atoms with E-state index in [1.807, 2.05) is 19.0 Å². The lowest BCUT2D eigenvalue weighted by Crippen LogP contribution is -2.31. The second kappa shape index (κ2) is 9.14. The highest BCUT2D eigenvalue weighted by atomic mass is 79.9. The van der Waals surface area contributed by atoms with E-state index in [0.29, 0.717) is 29.9 Å². The first-order chi connectivity index (χ1) is 9.99. The van der Waals surface area contributed by atoms with Crippen LogP contribution in [-0.2, 0) is 16.0 Å². The van der Waals surface area contributed by atoms with Gasteiger partial charge < -0.3 is 19.7 Å². The second-order valence-corrected chi connectivity index (χ2v) is 5.69. The van der Waals surface area contributed by atoms with E-state index in [-0.39, 0.29) is 11.7 Å². The Kier molecular flexibility index (Phi) is 7.87. The van der Waals surface area contributed by atoms with Gasteiger partial charge in [0.05, 0.1) is 31.1 Å². The summed E-state index contributed by atoms with van der Waals surface area (Å²) < 4.78 is 12.2. The van der Waals surface area contributed by atoms with E-state index < -0.39 is 0 Å². The van der Waals surface area contributed by atoms with Gasteiger partial charge in [0, 0.05) is 27.3 Å².